The van der Waals surface area contributed by atoms with E-state index in [9.17, 15) is 9.59 Å². The van der Waals surface area contributed by atoms with Crippen molar-refractivity contribution < 1.29 is 14.3 Å². The van der Waals surface area contributed by atoms with E-state index in [4.69, 9.17) is 4.74 Å². The van der Waals surface area contributed by atoms with Crippen LogP contribution in [0.3, 0.4) is 0 Å². The van der Waals surface area contributed by atoms with E-state index >= 15 is 0 Å². The van der Waals surface area contributed by atoms with Crippen LogP contribution in [0.5, 0.6) is 0 Å². The van der Waals surface area contributed by atoms with E-state index in [0.29, 0.717) is 12.0 Å². The molecule has 0 bridgehead atoms. The number of hydrogen-bond donors (Lipinski definition) is 1. The summed E-state index contributed by atoms with van der Waals surface area (Å²) in [6.45, 7) is 0. The fourth-order valence-electron chi connectivity index (χ4n) is 1.90. The summed E-state index contributed by atoms with van der Waals surface area (Å²) in [5.41, 5.74) is 1.35. The van der Waals surface area contributed by atoms with Crippen molar-refractivity contribution in [1.82, 2.24) is 5.32 Å². The van der Waals surface area contributed by atoms with Gasteiger partial charge in [0.1, 0.15) is 6.04 Å². The molecule has 0 spiro atoms. The molecule has 0 radical (unpaired) electrons. The Morgan fingerprint density at radius 1 is 1.26 bits per heavy atom. The summed E-state index contributed by atoms with van der Waals surface area (Å²) in [6, 6.07) is 8.05. The van der Waals surface area contributed by atoms with Crippen molar-refractivity contribution in [2.45, 2.75) is 12.5 Å². The summed E-state index contributed by atoms with van der Waals surface area (Å²) >= 11 is 0. The van der Waals surface area contributed by atoms with E-state index in [2.05, 4.69) is 5.32 Å². The number of rotatable bonds is 4. The number of nitrogens with one attached hydrogen (secondary N) is 1. The highest BCUT2D eigenvalue weighted by Crippen LogP contribution is 2.16. The van der Waals surface area contributed by atoms with Crippen molar-refractivity contribution >= 4 is 11.9 Å². The van der Waals surface area contributed by atoms with Crippen molar-refractivity contribution in [1.29, 1.82) is 0 Å². The molecule has 0 aliphatic heterocycles. The molecule has 98 valence electrons. The van der Waals surface area contributed by atoms with Crippen LogP contribution in [0.4, 0.5) is 0 Å². The van der Waals surface area contributed by atoms with Crippen LogP contribution in [-0.2, 0) is 9.53 Å². The average Bonchev–Trinajstić information content (AvgIpc) is 2.98. The first-order valence-corrected chi connectivity index (χ1v) is 6.01. The maximum atomic E-state index is 12.1. The Morgan fingerprint density at radius 3 is 2.58 bits per heavy atom. The number of carbonyl (C=O) groups excluding carboxylic acids is 2. The van der Waals surface area contributed by atoms with Crippen LogP contribution in [0.25, 0.3) is 0 Å². The summed E-state index contributed by atoms with van der Waals surface area (Å²) in [5.74, 6) is -0.747. The Morgan fingerprint density at radius 2 is 2.00 bits per heavy atom. The van der Waals surface area contributed by atoms with Gasteiger partial charge < -0.3 is 10.1 Å². The van der Waals surface area contributed by atoms with Crippen molar-refractivity contribution in [2.75, 3.05) is 7.11 Å². The van der Waals surface area contributed by atoms with Gasteiger partial charge in [0.05, 0.1) is 7.11 Å². The molecule has 0 fully saturated rings. The minimum atomic E-state index is -0.729. The zero-order chi connectivity index (χ0) is 13.7. The lowest BCUT2D eigenvalue weighted by molar-refractivity contribution is -0.141. The van der Waals surface area contributed by atoms with Gasteiger partial charge >= 0.3 is 5.97 Å². The molecule has 1 unspecified atom stereocenters. The molecule has 1 aliphatic carbocycles. The van der Waals surface area contributed by atoms with E-state index < -0.39 is 12.0 Å². The predicted octanol–water partition coefficient (Wildman–Crippen LogP) is 1.84. The largest absolute Gasteiger partial charge is 0.467 e. The molecule has 1 aromatic carbocycles. The number of methoxy groups -OCH3 is 1. The number of carbonyl (C=O) groups is 2. The fraction of sp³-hybridized carbons (Fsp3) is 0.200. The predicted molar refractivity (Wildman–Crippen MR) is 71.6 cm³/mol. The second kappa shape index (κ2) is 6.00. The van der Waals surface area contributed by atoms with Gasteiger partial charge in [-0.1, -0.05) is 36.4 Å². The first-order chi connectivity index (χ1) is 9.22. The van der Waals surface area contributed by atoms with Crippen LogP contribution < -0.4 is 5.32 Å². The Kier molecular flexibility index (Phi) is 4.13. The van der Waals surface area contributed by atoms with Gasteiger partial charge in [0.2, 0.25) is 0 Å². The molecule has 1 atom stereocenters. The number of benzene rings is 1. The Balaban J connectivity index is 2.12. The molecule has 0 heterocycles. The Hall–Kier alpha value is -2.36. The normalized spacial score (nSPS) is 14.7. The van der Waals surface area contributed by atoms with Gasteiger partial charge in [-0.3, -0.25) is 4.79 Å². The third-order valence-corrected chi connectivity index (χ3v) is 2.92. The van der Waals surface area contributed by atoms with Gasteiger partial charge in [-0.2, -0.15) is 0 Å². The lowest BCUT2D eigenvalue weighted by Crippen LogP contribution is -2.42. The smallest absolute Gasteiger partial charge is 0.332 e. The molecule has 19 heavy (non-hydrogen) atoms. The van der Waals surface area contributed by atoms with Crippen molar-refractivity contribution in [3.63, 3.8) is 0 Å². The summed E-state index contributed by atoms with van der Waals surface area (Å²) in [6.07, 6.45) is 6.27. The van der Waals surface area contributed by atoms with Crippen molar-refractivity contribution in [3.8, 4) is 0 Å². The minimum absolute atomic E-state index is 0.288. The van der Waals surface area contributed by atoms with Gasteiger partial charge in [0, 0.05) is 5.56 Å². The summed E-state index contributed by atoms with van der Waals surface area (Å²) in [4.78, 5) is 23.8. The van der Waals surface area contributed by atoms with E-state index in [1.54, 1.807) is 24.3 Å². The first kappa shape index (κ1) is 13.1. The number of esters is 1. The van der Waals surface area contributed by atoms with Crippen molar-refractivity contribution in [3.05, 3.63) is 59.7 Å². The van der Waals surface area contributed by atoms with Crippen LogP contribution in [0.2, 0.25) is 0 Å². The fourth-order valence-corrected chi connectivity index (χ4v) is 1.90. The molecule has 4 heteroatoms. The van der Waals surface area contributed by atoms with Crippen LogP contribution in [0, 0.1) is 0 Å². The SMILES string of the molecule is COC(=O)C(NC(=O)c1ccccc1)C1=CC=CC1. The van der Waals surface area contributed by atoms with Gasteiger partial charge in [0.25, 0.3) is 5.91 Å². The van der Waals surface area contributed by atoms with E-state index in [1.165, 1.54) is 7.11 Å². The summed E-state index contributed by atoms with van der Waals surface area (Å²) in [7, 11) is 1.31. The van der Waals surface area contributed by atoms with Gasteiger partial charge in [0.15, 0.2) is 0 Å². The van der Waals surface area contributed by atoms with E-state index in [1.807, 2.05) is 24.3 Å². The molecule has 4 nitrogen and oxygen atoms in total. The minimum Gasteiger partial charge on any atom is -0.467 e. The van der Waals surface area contributed by atoms with Crippen molar-refractivity contribution in [2.24, 2.45) is 0 Å². The summed E-state index contributed by atoms with van der Waals surface area (Å²) in [5, 5.41) is 2.70. The highest BCUT2D eigenvalue weighted by molar-refractivity contribution is 5.97. The third-order valence-electron chi connectivity index (χ3n) is 2.92. The second-order valence-electron chi connectivity index (χ2n) is 4.17. The average molecular weight is 257 g/mol. The zero-order valence-electron chi connectivity index (χ0n) is 10.6. The van der Waals surface area contributed by atoms with E-state index in [0.717, 1.165) is 5.57 Å². The Labute approximate surface area is 111 Å². The summed E-state index contributed by atoms with van der Waals surface area (Å²) < 4.78 is 4.74. The highest BCUT2D eigenvalue weighted by atomic mass is 16.5. The van der Waals surface area contributed by atoms with Crippen LogP contribution in [0.1, 0.15) is 16.8 Å². The van der Waals surface area contributed by atoms with E-state index in [-0.39, 0.29) is 5.91 Å². The molecule has 1 N–H and O–H groups in total. The van der Waals surface area contributed by atoms with Gasteiger partial charge in [-0.15, -0.1) is 0 Å². The molecular formula is C15H15NO3. The number of allylic oxidation sites excluding steroid dienone is 3. The van der Waals surface area contributed by atoms with Crippen LogP contribution in [0.15, 0.2) is 54.1 Å². The molecule has 1 amide bonds. The molecular weight excluding hydrogens is 242 g/mol. The molecule has 1 aromatic rings. The number of hydrogen-bond acceptors (Lipinski definition) is 3. The lowest BCUT2D eigenvalue weighted by atomic mass is 10.1. The molecule has 2 rings (SSSR count). The maximum absolute atomic E-state index is 12.1. The zero-order valence-corrected chi connectivity index (χ0v) is 10.6. The quantitative estimate of drug-likeness (QED) is 0.837. The van der Waals surface area contributed by atoms with Crippen LogP contribution in [-0.4, -0.2) is 25.0 Å². The molecule has 0 saturated heterocycles. The van der Waals surface area contributed by atoms with Gasteiger partial charge in [-0.05, 0) is 24.1 Å². The highest BCUT2D eigenvalue weighted by Gasteiger charge is 2.26. The first-order valence-electron chi connectivity index (χ1n) is 6.01. The lowest BCUT2D eigenvalue weighted by Gasteiger charge is -2.17. The molecule has 0 saturated carbocycles. The Bertz CT molecular complexity index is 532. The molecule has 1 aliphatic rings. The molecule has 0 aromatic heterocycles. The standard InChI is InChI=1S/C15H15NO3/c1-19-15(18)13(11-7-5-6-8-11)16-14(17)12-9-3-2-4-10-12/h2-7,9-10,13H,8H2,1H3,(H,16,17). The second-order valence-corrected chi connectivity index (χ2v) is 4.17. The number of ether oxygens (including phenoxy) is 1. The van der Waals surface area contributed by atoms with Gasteiger partial charge in [-0.25, -0.2) is 4.79 Å². The monoisotopic (exact) mass is 257 g/mol. The third kappa shape index (κ3) is 3.10. The van der Waals surface area contributed by atoms with Crippen LogP contribution >= 0.6 is 0 Å². The number of amides is 1. The maximum Gasteiger partial charge on any atom is 0.332 e. The topological polar surface area (TPSA) is 55.4 Å².